The first kappa shape index (κ1) is 12.7. The molecule has 2 rings (SSSR count). The molecule has 1 heterocycles. The Hall–Kier alpha value is -1.70. The van der Waals surface area contributed by atoms with Crippen LogP contribution in [0.5, 0.6) is 0 Å². The van der Waals surface area contributed by atoms with Crippen molar-refractivity contribution in [1.29, 1.82) is 0 Å². The lowest BCUT2D eigenvalue weighted by molar-refractivity contribution is 0.0692. The molecule has 4 nitrogen and oxygen atoms in total. The van der Waals surface area contributed by atoms with E-state index in [1.54, 1.807) is 12.1 Å². The second kappa shape index (κ2) is 5.30. The maximum absolute atomic E-state index is 13.8. The Balaban J connectivity index is 2.32. The number of anilines is 2. The molecular formula is C12H8FIN2O2. The first-order chi connectivity index (χ1) is 8.58. The summed E-state index contributed by atoms with van der Waals surface area (Å²) in [5.74, 6) is -2.29. The number of nitrogens with zero attached hydrogens (tertiary/aromatic N) is 1. The zero-order chi connectivity index (χ0) is 13.1. The van der Waals surface area contributed by atoms with E-state index in [-0.39, 0.29) is 5.82 Å². The summed E-state index contributed by atoms with van der Waals surface area (Å²) in [6.07, 6.45) is 1.25. The quantitative estimate of drug-likeness (QED) is 0.827. The number of aromatic nitrogens is 1. The van der Waals surface area contributed by atoms with Crippen LogP contribution < -0.4 is 5.32 Å². The molecule has 0 saturated carbocycles. The number of hydrogen-bond donors (Lipinski definition) is 2. The van der Waals surface area contributed by atoms with Gasteiger partial charge in [0.25, 0.3) is 0 Å². The van der Waals surface area contributed by atoms with Crippen LogP contribution >= 0.6 is 22.6 Å². The van der Waals surface area contributed by atoms with Crippen LogP contribution in [-0.4, -0.2) is 16.1 Å². The van der Waals surface area contributed by atoms with Gasteiger partial charge in [0, 0.05) is 15.5 Å². The third kappa shape index (κ3) is 2.76. The molecule has 6 heteroatoms. The largest absolute Gasteiger partial charge is 0.478 e. The topological polar surface area (TPSA) is 62.2 Å². The smallest absolute Gasteiger partial charge is 0.338 e. The van der Waals surface area contributed by atoms with Crippen molar-refractivity contribution in [2.24, 2.45) is 0 Å². The van der Waals surface area contributed by atoms with Crippen LogP contribution in [0, 0.1) is 9.39 Å². The fourth-order valence-electron chi connectivity index (χ4n) is 1.37. The van der Waals surface area contributed by atoms with Crippen molar-refractivity contribution in [3.8, 4) is 0 Å². The normalized spacial score (nSPS) is 10.1. The van der Waals surface area contributed by atoms with Crippen molar-refractivity contribution < 1.29 is 14.3 Å². The minimum Gasteiger partial charge on any atom is -0.478 e. The highest BCUT2D eigenvalue weighted by molar-refractivity contribution is 14.1. The molecule has 0 radical (unpaired) electrons. The number of rotatable bonds is 3. The summed E-state index contributed by atoms with van der Waals surface area (Å²) in [6, 6.07) is 8.34. The number of hydrogen-bond acceptors (Lipinski definition) is 3. The fourth-order valence-corrected chi connectivity index (χ4v) is 1.73. The predicted octanol–water partition coefficient (Wildman–Crippen LogP) is 3.27. The molecule has 92 valence electrons. The van der Waals surface area contributed by atoms with Crippen molar-refractivity contribution in [3.63, 3.8) is 0 Å². The number of aromatic carboxylic acids is 1. The van der Waals surface area contributed by atoms with Crippen molar-refractivity contribution in [2.45, 2.75) is 0 Å². The number of halogens is 2. The van der Waals surface area contributed by atoms with Gasteiger partial charge >= 0.3 is 5.97 Å². The van der Waals surface area contributed by atoms with Gasteiger partial charge in [-0.05, 0) is 52.9 Å². The molecular weight excluding hydrogens is 350 g/mol. The fraction of sp³-hybridized carbons (Fsp3) is 0. The summed E-state index contributed by atoms with van der Waals surface area (Å²) in [4.78, 5) is 14.6. The molecule has 0 aliphatic heterocycles. The van der Waals surface area contributed by atoms with E-state index in [9.17, 15) is 9.18 Å². The molecule has 0 fully saturated rings. The lowest BCUT2D eigenvalue weighted by Gasteiger charge is -2.07. The molecule has 2 aromatic rings. The van der Waals surface area contributed by atoms with Crippen LogP contribution in [0.15, 0.2) is 36.5 Å². The average molecular weight is 358 g/mol. The second-order valence-corrected chi connectivity index (χ2v) is 4.70. The van der Waals surface area contributed by atoms with E-state index in [1.165, 1.54) is 6.20 Å². The van der Waals surface area contributed by atoms with Gasteiger partial charge in [-0.15, -0.1) is 0 Å². The van der Waals surface area contributed by atoms with E-state index >= 15 is 0 Å². The van der Waals surface area contributed by atoms with Gasteiger partial charge in [0.2, 0.25) is 0 Å². The zero-order valence-corrected chi connectivity index (χ0v) is 11.2. The highest BCUT2D eigenvalue weighted by atomic mass is 127. The number of carboxylic acids is 1. The van der Waals surface area contributed by atoms with E-state index in [2.05, 4.69) is 32.9 Å². The summed E-state index contributed by atoms with van der Waals surface area (Å²) >= 11 is 2.15. The molecule has 0 bridgehead atoms. The molecule has 1 aromatic heterocycles. The van der Waals surface area contributed by atoms with Crippen molar-refractivity contribution in [1.82, 2.24) is 4.98 Å². The number of pyridine rings is 1. The summed E-state index contributed by atoms with van der Waals surface area (Å²) in [5, 5.41) is 11.5. The standard InChI is InChI=1S/C12H8FIN2O2/c13-10-9(12(17)18)5-6-15-11(10)16-8-3-1-7(14)2-4-8/h1-6H,(H,15,16)(H,17,18). The van der Waals surface area contributed by atoms with E-state index in [1.807, 2.05) is 12.1 Å². The molecule has 0 aliphatic carbocycles. The van der Waals surface area contributed by atoms with Gasteiger partial charge in [0.1, 0.15) is 5.56 Å². The minimum absolute atomic E-state index is 0.101. The summed E-state index contributed by atoms with van der Waals surface area (Å²) in [5.41, 5.74) is 0.238. The van der Waals surface area contributed by atoms with E-state index in [0.29, 0.717) is 5.69 Å². The van der Waals surface area contributed by atoms with Crippen LogP contribution in [0.4, 0.5) is 15.9 Å². The first-order valence-corrected chi connectivity index (χ1v) is 6.06. The minimum atomic E-state index is -1.32. The summed E-state index contributed by atoms with van der Waals surface area (Å²) < 4.78 is 14.8. The van der Waals surface area contributed by atoms with Crippen molar-refractivity contribution in [3.05, 3.63) is 51.5 Å². The van der Waals surface area contributed by atoms with E-state index < -0.39 is 17.3 Å². The lowest BCUT2D eigenvalue weighted by atomic mass is 10.2. The molecule has 2 N–H and O–H groups in total. The Bertz CT molecular complexity index is 587. The molecule has 0 amide bonds. The maximum atomic E-state index is 13.8. The van der Waals surface area contributed by atoms with Gasteiger partial charge < -0.3 is 10.4 Å². The number of nitrogens with one attached hydrogen (secondary N) is 1. The highest BCUT2D eigenvalue weighted by Gasteiger charge is 2.14. The van der Waals surface area contributed by atoms with Gasteiger partial charge in [-0.2, -0.15) is 0 Å². The zero-order valence-electron chi connectivity index (χ0n) is 9.02. The predicted molar refractivity (Wildman–Crippen MR) is 73.6 cm³/mol. The SMILES string of the molecule is O=C(O)c1ccnc(Nc2ccc(I)cc2)c1F. The van der Waals surface area contributed by atoms with Gasteiger partial charge in [0.15, 0.2) is 11.6 Å². The van der Waals surface area contributed by atoms with Crippen LogP contribution in [0.25, 0.3) is 0 Å². The first-order valence-electron chi connectivity index (χ1n) is 4.98. The Kier molecular flexibility index (Phi) is 3.75. The maximum Gasteiger partial charge on any atom is 0.338 e. The monoisotopic (exact) mass is 358 g/mol. The van der Waals surface area contributed by atoms with Gasteiger partial charge in [-0.25, -0.2) is 14.2 Å². The summed E-state index contributed by atoms with van der Waals surface area (Å²) in [7, 11) is 0. The molecule has 0 atom stereocenters. The Morgan fingerprint density at radius 3 is 2.56 bits per heavy atom. The molecule has 0 saturated heterocycles. The average Bonchev–Trinajstić information content (AvgIpc) is 2.34. The van der Waals surface area contributed by atoms with Gasteiger partial charge in [-0.1, -0.05) is 0 Å². The Morgan fingerprint density at radius 2 is 1.94 bits per heavy atom. The lowest BCUT2D eigenvalue weighted by Crippen LogP contribution is -2.05. The summed E-state index contributed by atoms with van der Waals surface area (Å²) in [6.45, 7) is 0. The molecule has 0 unspecified atom stereocenters. The van der Waals surface area contributed by atoms with E-state index in [4.69, 9.17) is 5.11 Å². The molecule has 0 aliphatic rings. The Labute approximate surface area is 116 Å². The van der Waals surface area contributed by atoms with Crippen molar-refractivity contribution in [2.75, 3.05) is 5.32 Å². The van der Waals surface area contributed by atoms with Gasteiger partial charge in [-0.3, -0.25) is 0 Å². The molecule has 0 spiro atoms. The van der Waals surface area contributed by atoms with Crippen LogP contribution in [0.2, 0.25) is 0 Å². The second-order valence-electron chi connectivity index (χ2n) is 3.46. The molecule has 1 aromatic carbocycles. The number of carboxylic acid groups (broad SMARTS) is 1. The van der Waals surface area contributed by atoms with Crippen molar-refractivity contribution >= 4 is 40.1 Å². The number of benzene rings is 1. The third-order valence-electron chi connectivity index (χ3n) is 2.23. The van der Waals surface area contributed by atoms with Crippen LogP contribution in [-0.2, 0) is 0 Å². The van der Waals surface area contributed by atoms with Gasteiger partial charge in [0.05, 0.1) is 0 Å². The Morgan fingerprint density at radius 1 is 1.28 bits per heavy atom. The highest BCUT2D eigenvalue weighted by Crippen LogP contribution is 2.20. The number of carbonyl (C=O) groups is 1. The third-order valence-corrected chi connectivity index (χ3v) is 2.95. The van der Waals surface area contributed by atoms with E-state index in [0.717, 1.165) is 9.64 Å². The molecule has 18 heavy (non-hydrogen) atoms. The van der Waals surface area contributed by atoms with Crippen LogP contribution in [0.3, 0.4) is 0 Å². The van der Waals surface area contributed by atoms with Crippen LogP contribution in [0.1, 0.15) is 10.4 Å².